The number of nitrogens with one attached hydrogen (secondary N) is 1. The molecule has 20 heavy (non-hydrogen) atoms. The van der Waals surface area contributed by atoms with Gasteiger partial charge in [0.15, 0.2) is 0 Å². The Balaban J connectivity index is 2.02. The SMILES string of the molecule is CCCc1nnsc1C(NN)c1cccc2c1OCC2. The Morgan fingerprint density at radius 1 is 1.50 bits per heavy atom. The van der Waals surface area contributed by atoms with Gasteiger partial charge in [0.25, 0.3) is 0 Å². The summed E-state index contributed by atoms with van der Waals surface area (Å²) in [7, 11) is 0. The van der Waals surface area contributed by atoms with E-state index in [1.54, 1.807) is 0 Å². The van der Waals surface area contributed by atoms with Gasteiger partial charge in [0, 0.05) is 12.0 Å². The molecule has 0 fully saturated rings. The fourth-order valence-electron chi connectivity index (χ4n) is 2.62. The van der Waals surface area contributed by atoms with Crippen LogP contribution >= 0.6 is 11.5 Å². The molecule has 0 aliphatic carbocycles. The maximum absolute atomic E-state index is 5.80. The molecule has 1 aromatic heterocycles. The average molecular weight is 290 g/mol. The minimum atomic E-state index is -0.107. The lowest BCUT2D eigenvalue weighted by molar-refractivity contribution is 0.350. The Morgan fingerprint density at radius 3 is 3.20 bits per heavy atom. The van der Waals surface area contributed by atoms with Crippen molar-refractivity contribution in [3.63, 3.8) is 0 Å². The second-order valence-electron chi connectivity index (χ2n) is 4.87. The van der Waals surface area contributed by atoms with Crippen molar-refractivity contribution in [1.29, 1.82) is 0 Å². The van der Waals surface area contributed by atoms with Crippen LogP contribution < -0.4 is 16.0 Å². The van der Waals surface area contributed by atoms with E-state index in [1.165, 1.54) is 17.1 Å². The molecule has 2 aromatic rings. The molecule has 1 aliphatic rings. The van der Waals surface area contributed by atoms with Crippen molar-refractivity contribution < 1.29 is 4.74 Å². The van der Waals surface area contributed by atoms with Crippen molar-refractivity contribution in [2.75, 3.05) is 6.61 Å². The lowest BCUT2D eigenvalue weighted by Crippen LogP contribution is -2.29. The summed E-state index contributed by atoms with van der Waals surface area (Å²) in [6.45, 7) is 2.88. The largest absolute Gasteiger partial charge is 0.493 e. The number of nitrogens with zero attached hydrogens (tertiary/aromatic N) is 2. The van der Waals surface area contributed by atoms with Crippen LogP contribution in [0.15, 0.2) is 18.2 Å². The summed E-state index contributed by atoms with van der Waals surface area (Å²) in [5.41, 5.74) is 6.25. The second-order valence-corrected chi connectivity index (χ2v) is 5.65. The van der Waals surface area contributed by atoms with Gasteiger partial charge in [-0.2, -0.15) is 0 Å². The molecule has 1 unspecified atom stereocenters. The molecule has 106 valence electrons. The van der Waals surface area contributed by atoms with Gasteiger partial charge < -0.3 is 4.74 Å². The zero-order chi connectivity index (χ0) is 13.9. The van der Waals surface area contributed by atoms with Crippen LogP contribution in [0.4, 0.5) is 0 Å². The summed E-state index contributed by atoms with van der Waals surface area (Å²) >= 11 is 1.40. The van der Waals surface area contributed by atoms with E-state index >= 15 is 0 Å². The average Bonchev–Trinajstić information content (AvgIpc) is 3.10. The van der Waals surface area contributed by atoms with Crippen molar-refractivity contribution in [2.45, 2.75) is 32.2 Å². The number of hydrogen-bond acceptors (Lipinski definition) is 6. The minimum absolute atomic E-state index is 0.107. The van der Waals surface area contributed by atoms with Crippen LogP contribution in [0.1, 0.15) is 41.1 Å². The summed E-state index contributed by atoms with van der Waals surface area (Å²) in [6, 6.07) is 6.12. The maximum atomic E-state index is 5.80. The molecule has 0 spiro atoms. The van der Waals surface area contributed by atoms with Crippen molar-refractivity contribution in [3.05, 3.63) is 39.9 Å². The molecular formula is C14H18N4OS. The van der Waals surface area contributed by atoms with Gasteiger partial charge >= 0.3 is 0 Å². The van der Waals surface area contributed by atoms with E-state index in [0.717, 1.165) is 47.8 Å². The first-order valence-electron chi connectivity index (χ1n) is 6.87. The normalized spacial score (nSPS) is 14.9. The third-order valence-corrected chi connectivity index (χ3v) is 4.39. The topological polar surface area (TPSA) is 73.1 Å². The molecule has 0 saturated carbocycles. The molecule has 1 atom stereocenters. The summed E-state index contributed by atoms with van der Waals surface area (Å²) < 4.78 is 9.86. The number of hydrogen-bond donors (Lipinski definition) is 2. The number of ether oxygens (including phenoxy) is 1. The Hall–Kier alpha value is -1.50. The van der Waals surface area contributed by atoms with Crippen molar-refractivity contribution >= 4 is 11.5 Å². The van der Waals surface area contributed by atoms with Gasteiger partial charge in [0.05, 0.1) is 23.2 Å². The van der Waals surface area contributed by atoms with Crippen LogP contribution in [0, 0.1) is 0 Å². The lowest BCUT2D eigenvalue weighted by atomic mass is 9.99. The zero-order valence-electron chi connectivity index (χ0n) is 11.4. The Bertz CT molecular complexity index is 599. The minimum Gasteiger partial charge on any atom is -0.493 e. The van der Waals surface area contributed by atoms with Crippen LogP contribution in [-0.2, 0) is 12.8 Å². The molecule has 6 heteroatoms. The van der Waals surface area contributed by atoms with E-state index in [0.29, 0.717) is 0 Å². The summed E-state index contributed by atoms with van der Waals surface area (Å²) in [5, 5.41) is 4.23. The summed E-state index contributed by atoms with van der Waals surface area (Å²) in [6.07, 6.45) is 2.92. The van der Waals surface area contributed by atoms with E-state index < -0.39 is 0 Å². The van der Waals surface area contributed by atoms with E-state index in [9.17, 15) is 0 Å². The van der Waals surface area contributed by atoms with Crippen molar-refractivity contribution in [1.82, 2.24) is 15.0 Å². The van der Waals surface area contributed by atoms with E-state index in [4.69, 9.17) is 10.6 Å². The molecule has 5 nitrogen and oxygen atoms in total. The highest BCUT2D eigenvalue weighted by Gasteiger charge is 2.26. The second kappa shape index (κ2) is 5.87. The first kappa shape index (κ1) is 13.5. The smallest absolute Gasteiger partial charge is 0.127 e. The van der Waals surface area contributed by atoms with Crippen molar-refractivity contribution in [3.8, 4) is 5.75 Å². The van der Waals surface area contributed by atoms with Crippen LogP contribution in [-0.4, -0.2) is 16.2 Å². The molecule has 3 rings (SSSR count). The van der Waals surface area contributed by atoms with Crippen LogP contribution in [0.2, 0.25) is 0 Å². The lowest BCUT2D eigenvalue weighted by Gasteiger charge is -2.18. The summed E-state index contributed by atoms with van der Waals surface area (Å²) in [5.74, 6) is 6.76. The Labute approximate surface area is 122 Å². The van der Waals surface area contributed by atoms with E-state index in [1.807, 2.05) is 0 Å². The quantitative estimate of drug-likeness (QED) is 0.650. The van der Waals surface area contributed by atoms with Crippen LogP contribution in [0.25, 0.3) is 0 Å². The molecule has 3 N–H and O–H groups in total. The Morgan fingerprint density at radius 2 is 2.40 bits per heavy atom. The number of rotatable bonds is 5. The standard InChI is InChI=1S/C14H18N4OS/c1-2-4-11-14(20-18-17-11)12(16-15)10-6-3-5-9-7-8-19-13(9)10/h3,5-6,12,16H,2,4,7-8,15H2,1H3. The third kappa shape index (κ3) is 2.30. The fourth-order valence-corrected chi connectivity index (χ4v) is 3.40. The highest BCUT2D eigenvalue weighted by atomic mass is 32.1. The molecule has 1 aliphatic heterocycles. The molecule has 0 bridgehead atoms. The molecule has 0 amide bonds. The molecule has 0 radical (unpaired) electrons. The molecule has 0 saturated heterocycles. The van der Waals surface area contributed by atoms with Crippen LogP contribution in [0.3, 0.4) is 0 Å². The first-order chi connectivity index (χ1) is 9.85. The number of aryl methyl sites for hydroxylation is 1. The van der Waals surface area contributed by atoms with E-state index in [2.05, 4.69) is 40.1 Å². The highest BCUT2D eigenvalue weighted by molar-refractivity contribution is 7.05. The predicted molar refractivity (Wildman–Crippen MR) is 78.7 cm³/mol. The number of hydrazine groups is 1. The first-order valence-corrected chi connectivity index (χ1v) is 7.64. The van der Waals surface area contributed by atoms with Gasteiger partial charge in [-0.3, -0.25) is 5.84 Å². The zero-order valence-corrected chi connectivity index (χ0v) is 12.2. The van der Waals surface area contributed by atoms with E-state index in [-0.39, 0.29) is 6.04 Å². The number of nitrogens with two attached hydrogens (primary N) is 1. The predicted octanol–water partition coefficient (Wildman–Crippen LogP) is 1.98. The Kier molecular flexibility index (Phi) is 3.95. The molecular weight excluding hydrogens is 272 g/mol. The maximum Gasteiger partial charge on any atom is 0.127 e. The van der Waals surface area contributed by atoms with Gasteiger partial charge in [0.2, 0.25) is 0 Å². The number of benzene rings is 1. The number of aromatic nitrogens is 2. The third-order valence-electron chi connectivity index (χ3n) is 3.56. The monoisotopic (exact) mass is 290 g/mol. The highest BCUT2D eigenvalue weighted by Crippen LogP contribution is 2.37. The van der Waals surface area contributed by atoms with Crippen molar-refractivity contribution in [2.24, 2.45) is 5.84 Å². The van der Waals surface area contributed by atoms with Gasteiger partial charge in [0.1, 0.15) is 5.75 Å². The van der Waals surface area contributed by atoms with Gasteiger partial charge in [-0.25, -0.2) is 5.43 Å². The fraction of sp³-hybridized carbons (Fsp3) is 0.429. The van der Waals surface area contributed by atoms with Gasteiger partial charge in [-0.15, -0.1) is 5.10 Å². The van der Waals surface area contributed by atoms with Gasteiger partial charge in [-0.1, -0.05) is 36.0 Å². The summed E-state index contributed by atoms with van der Waals surface area (Å²) in [4.78, 5) is 1.08. The van der Waals surface area contributed by atoms with Gasteiger partial charge in [-0.05, 0) is 23.5 Å². The molecule has 1 aromatic carbocycles. The van der Waals surface area contributed by atoms with Crippen LogP contribution in [0.5, 0.6) is 5.75 Å². The molecule has 2 heterocycles. The number of fused-ring (bicyclic) bond motifs is 1. The number of para-hydroxylation sites is 1.